The number of unbranched alkanes of at least 4 members (excludes halogenated alkanes) is 4. The summed E-state index contributed by atoms with van der Waals surface area (Å²) < 4.78 is 1.37. The van der Waals surface area contributed by atoms with Crippen molar-refractivity contribution >= 4 is 21.4 Å². The van der Waals surface area contributed by atoms with Crippen molar-refractivity contribution in [3.8, 4) is 0 Å². The quantitative estimate of drug-likeness (QED) is 0.676. The van der Waals surface area contributed by atoms with Crippen LogP contribution in [0, 0.1) is 0 Å². The zero-order chi connectivity index (χ0) is 12.8. The Morgan fingerprint density at radius 2 is 1.94 bits per heavy atom. The fourth-order valence-corrected chi connectivity index (χ4v) is 3.41. The van der Waals surface area contributed by atoms with Gasteiger partial charge in [0.15, 0.2) is 0 Å². The van der Waals surface area contributed by atoms with Crippen LogP contribution in [0.1, 0.15) is 57.1 Å². The summed E-state index contributed by atoms with van der Waals surface area (Å²) in [6.45, 7) is 2.25. The molecule has 0 amide bonds. The molecule has 0 bridgehead atoms. The van der Waals surface area contributed by atoms with E-state index in [9.17, 15) is 0 Å². The van der Waals surface area contributed by atoms with Crippen LogP contribution in [0.3, 0.4) is 0 Å². The van der Waals surface area contributed by atoms with E-state index in [1.165, 1.54) is 47.8 Å². The standard InChI is InChI=1S/C16H23NS/c1-2-3-4-5-6-10-15(17)14-9-7-8-13-11-12-18-16(13)14/h7-9,11-12,15H,2-6,10,17H2,1H3. The lowest BCUT2D eigenvalue weighted by Crippen LogP contribution is -2.10. The normalized spacial score (nSPS) is 13.0. The molecule has 1 unspecified atom stereocenters. The highest BCUT2D eigenvalue weighted by molar-refractivity contribution is 7.17. The predicted molar refractivity (Wildman–Crippen MR) is 82.1 cm³/mol. The molecule has 2 rings (SSSR count). The molecule has 2 aromatic rings. The molecule has 0 fully saturated rings. The Morgan fingerprint density at radius 3 is 2.78 bits per heavy atom. The van der Waals surface area contributed by atoms with Gasteiger partial charge < -0.3 is 5.73 Å². The molecule has 0 saturated heterocycles. The maximum Gasteiger partial charge on any atom is 0.0390 e. The monoisotopic (exact) mass is 261 g/mol. The van der Waals surface area contributed by atoms with E-state index < -0.39 is 0 Å². The summed E-state index contributed by atoms with van der Waals surface area (Å²) in [5.74, 6) is 0. The lowest BCUT2D eigenvalue weighted by molar-refractivity contribution is 0.557. The van der Waals surface area contributed by atoms with Gasteiger partial charge >= 0.3 is 0 Å². The number of thiophene rings is 1. The van der Waals surface area contributed by atoms with Gasteiger partial charge in [-0.25, -0.2) is 0 Å². The summed E-state index contributed by atoms with van der Waals surface area (Å²) in [4.78, 5) is 0. The number of nitrogens with two attached hydrogens (primary N) is 1. The molecule has 0 spiro atoms. The van der Waals surface area contributed by atoms with E-state index in [-0.39, 0.29) is 6.04 Å². The molecule has 0 radical (unpaired) electrons. The Hall–Kier alpha value is -0.860. The molecule has 98 valence electrons. The molecule has 1 aromatic carbocycles. The van der Waals surface area contributed by atoms with Gasteiger partial charge in [-0.2, -0.15) is 0 Å². The Kier molecular flexibility index (Phi) is 5.21. The van der Waals surface area contributed by atoms with Crippen molar-refractivity contribution in [1.82, 2.24) is 0 Å². The molecule has 0 aliphatic heterocycles. The second kappa shape index (κ2) is 6.91. The molecule has 2 heteroatoms. The number of benzene rings is 1. The van der Waals surface area contributed by atoms with Crippen LogP contribution < -0.4 is 5.73 Å². The SMILES string of the molecule is CCCCCCCC(N)c1cccc2ccsc12. The fraction of sp³-hybridized carbons (Fsp3) is 0.500. The third-order valence-electron chi connectivity index (χ3n) is 3.53. The van der Waals surface area contributed by atoms with E-state index in [1.807, 2.05) is 11.3 Å². The van der Waals surface area contributed by atoms with Crippen molar-refractivity contribution < 1.29 is 0 Å². The van der Waals surface area contributed by atoms with E-state index >= 15 is 0 Å². The van der Waals surface area contributed by atoms with Gasteiger partial charge in [-0.3, -0.25) is 0 Å². The summed E-state index contributed by atoms with van der Waals surface area (Å²) in [6.07, 6.45) is 7.70. The number of hydrogen-bond acceptors (Lipinski definition) is 2. The largest absolute Gasteiger partial charge is 0.324 e. The maximum atomic E-state index is 6.34. The van der Waals surface area contributed by atoms with Gasteiger partial charge in [0.2, 0.25) is 0 Å². The molecule has 1 heterocycles. The average Bonchev–Trinajstić information content (AvgIpc) is 2.86. The molecule has 0 saturated carbocycles. The van der Waals surface area contributed by atoms with Crippen LogP contribution in [0.15, 0.2) is 29.6 Å². The van der Waals surface area contributed by atoms with Crippen molar-refractivity contribution in [2.75, 3.05) is 0 Å². The minimum absolute atomic E-state index is 0.203. The molecule has 1 nitrogen and oxygen atoms in total. The molecular formula is C16H23NS. The Bertz CT molecular complexity index is 475. The van der Waals surface area contributed by atoms with Gasteiger partial charge in [0.25, 0.3) is 0 Å². The smallest absolute Gasteiger partial charge is 0.0390 e. The molecule has 0 aliphatic carbocycles. The molecule has 0 aliphatic rings. The Balaban J connectivity index is 1.92. The predicted octanol–water partition coefficient (Wildman–Crippen LogP) is 5.26. The zero-order valence-electron chi connectivity index (χ0n) is 11.2. The fourth-order valence-electron chi connectivity index (χ4n) is 2.43. The zero-order valence-corrected chi connectivity index (χ0v) is 12.0. The van der Waals surface area contributed by atoms with Crippen molar-refractivity contribution in [2.45, 2.75) is 51.5 Å². The lowest BCUT2D eigenvalue weighted by Gasteiger charge is -2.13. The van der Waals surface area contributed by atoms with Crippen LogP contribution in [-0.2, 0) is 0 Å². The summed E-state index contributed by atoms with van der Waals surface area (Å²) >= 11 is 1.81. The van der Waals surface area contributed by atoms with E-state index in [0.717, 1.165) is 6.42 Å². The average molecular weight is 261 g/mol. The first-order valence-electron chi connectivity index (χ1n) is 7.04. The Labute approximate surface area is 114 Å². The second-order valence-corrected chi connectivity index (χ2v) is 5.91. The minimum Gasteiger partial charge on any atom is -0.324 e. The number of rotatable bonds is 7. The lowest BCUT2D eigenvalue weighted by atomic mass is 9.99. The summed E-state index contributed by atoms with van der Waals surface area (Å²) in [6, 6.07) is 8.87. The first-order valence-corrected chi connectivity index (χ1v) is 7.92. The van der Waals surface area contributed by atoms with Gasteiger partial charge in [0.05, 0.1) is 0 Å². The van der Waals surface area contributed by atoms with E-state index in [4.69, 9.17) is 5.73 Å². The van der Waals surface area contributed by atoms with Crippen LogP contribution in [-0.4, -0.2) is 0 Å². The first-order chi connectivity index (χ1) is 8.83. The van der Waals surface area contributed by atoms with E-state index in [0.29, 0.717) is 0 Å². The van der Waals surface area contributed by atoms with Crippen LogP contribution in [0.25, 0.3) is 10.1 Å². The van der Waals surface area contributed by atoms with Gasteiger partial charge in [-0.1, -0.05) is 57.2 Å². The topological polar surface area (TPSA) is 26.0 Å². The molecule has 18 heavy (non-hydrogen) atoms. The number of hydrogen-bond donors (Lipinski definition) is 1. The van der Waals surface area contributed by atoms with E-state index in [2.05, 4.69) is 36.6 Å². The minimum atomic E-state index is 0.203. The summed E-state index contributed by atoms with van der Waals surface area (Å²) in [7, 11) is 0. The van der Waals surface area contributed by atoms with Crippen molar-refractivity contribution in [3.05, 3.63) is 35.2 Å². The number of fused-ring (bicyclic) bond motifs is 1. The maximum absolute atomic E-state index is 6.34. The van der Waals surface area contributed by atoms with Crippen LogP contribution in [0.2, 0.25) is 0 Å². The second-order valence-electron chi connectivity index (χ2n) is 5.00. The van der Waals surface area contributed by atoms with Gasteiger partial charge in [-0.15, -0.1) is 11.3 Å². The highest BCUT2D eigenvalue weighted by Crippen LogP contribution is 2.30. The molecule has 2 N–H and O–H groups in total. The third-order valence-corrected chi connectivity index (χ3v) is 4.51. The van der Waals surface area contributed by atoms with Crippen molar-refractivity contribution in [3.63, 3.8) is 0 Å². The van der Waals surface area contributed by atoms with Crippen LogP contribution in [0.4, 0.5) is 0 Å². The molecule has 1 aromatic heterocycles. The third kappa shape index (κ3) is 3.33. The van der Waals surface area contributed by atoms with E-state index in [1.54, 1.807) is 0 Å². The van der Waals surface area contributed by atoms with Gasteiger partial charge in [0, 0.05) is 10.7 Å². The van der Waals surface area contributed by atoms with Gasteiger partial charge in [-0.05, 0) is 28.8 Å². The molecule has 1 atom stereocenters. The summed E-state index contributed by atoms with van der Waals surface area (Å²) in [5.41, 5.74) is 7.67. The van der Waals surface area contributed by atoms with Crippen molar-refractivity contribution in [1.29, 1.82) is 0 Å². The van der Waals surface area contributed by atoms with Gasteiger partial charge in [0.1, 0.15) is 0 Å². The highest BCUT2D eigenvalue weighted by Gasteiger charge is 2.10. The Morgan fingerprint density at radius 1 is 1.11 bits per heavy atom. The van der Waals surface area contributed by atoms with Crippen molar-refractivity contribution in [2.24, 2.45) is 5.73 Å². The van der Waals surface area contributed by atoms with Crippen LogP contribution in [0.5, 0.6) is 0 Å². The molecular weight excluding hydrogens is 238 g/mol. The highest BCUT2D eigenvalue weighted by atomic mass is 32.1. The summed E-state index contributed by atoms with van der Waals surface area (Å²) in [5, 5.41) is 3.49. The van der Waals surface area contributed by atoms with Crippen LogP contribution >= 0.6 is 11.3 Å². The first kappa shape index (κ1) is 13.6.